The highest BCUT2D eigenvalue weighted by Gasteiger charge is 2.04. The maximum Gasteiger partial charge on any atom is 0.221 e. The van der Waals surface area contributed by atoms with Crippen LogP contribution in [0.15, 0.2) is 30.3 Å². The fourth-order valence-corrected chi connectivity index (χ4v) is 1.63. The third kappa shape index (κ3) is 5.66. The zero-order chi connectivity index (χ0) is 11.8. The van der Waals surface area contributed by atoms with Gasteiger partial charge in [-0.05, 0) is 30.0 Å². The Morgan fingerprint density at radius 3 is 2.25 bits per heavy atom. The van der Waals surface area contributed by atoms with Crippen molar-refractivity contribution in [2.24, 2.45) is 0 Å². The maximum atomic E-state index is 11.5. The first-order valence-corrected chi connectivity index (χ1v) is 5.80. The van der Waals surface area contributed by atoms with Crippen molar-refractivity contribution in [2.75, 3.05) is 0 Å². The summed E-state index contributed by atoms with van der Waals surface area (Å²) >= 11 is 5.20. The number of ketones is 1. The molecule has 0 aliphatic rings. The Kier molecular flexibility index (Phi) is 5.79. The number of carbonyl (C=O) groups is 2. The van der Waals surface area contributed by atoms with Crippen LogP contribution in [0.4, 0.5) is 0 Å². The topological polar surface area (TPSA) is 34.1 Å². The Labute approximate surface area is 101 Å². The Balaban J connectivity index is 2.19. The first-order valence-electron chi connectivity index (χ1n) is 5.42. The van der Waals surface area contributed by atoms with E-state index in [-0.39, 0.29) is 11.0 Å². The van der Waals surface area contributed by atoms with Crippen LogP contribution in [0.25, 0.3) is 0 Å². The smallest absolute Gasteiger partial charge is 0.221 e. The average molecular weight is 239 g/mol. The van der Waals surface area contributed by atoms with Gasteiger partial charge in [0.15, 0.2) is 0 Å². The molecule has 0 N–H and O–H groups in total. The molecule has 0 aromatic heterocycles. The first kappa shape index (κ1) is 12.9. The van der Waals surface area contributed by atoms with Crippen molar-refractivity contribution in [1.29, 1.82) is 0 Å². The lowest BCUT2D eigenvalue weighted by atomic mass is 10.0. The molecular formula is C13H15ClO2. The molecule has 0 amide bonds. The van der Waals surface area contributed by atoms with Crippen LogP contribution in [-0.4, -0.2) is 11.0 Å². The zero-order valence-corrected chi connectivity index (χ0v) is 9.87. The monoisotopic (exact) mass is 238 g/mol. The van der Waals surface area contributed by atoms with Crippen LogP contribution in [-0.2, 0) is 16.0 Å². The van der Waals surface area contributed by atoms with E-state index in [0.717, 1.165) is 12.0 Å². The largest absolute Gasteiger partial charge is 0.299 e. The van der Waals surface area contributed by atoms with E-state index in [1.165, 1.54) is 0 Å². The van der Waals surface area contributed by atoms with Gasteiger partial charge in [-0.3, -0.25) is 9.59 Å². The van der Waals surface area contributed by atoms with E-state index in [4.69, 9.17) is 11.6 Å². The minimum absolute atomic E-state index is 0.216. The number of Topliss-reactive ketones (excluding diaryl/α,β-unsaturated/α-hetero) is 1. The van der Waals surface area contributed by atoms with Crippen LogP contribution in [0, 0.1) is 0 Å². The Morgan fingerprint density at radius 2 is 1.62 bits per heavy atom. The van der Waals surface area contributed by atoms with Crippen LogP contribution < -0.4 is 0 Å². The number of hydrogen-bond acceptors (Lipinski definition) is 2. The van der Waals surface area contributed by atoms with Crippen LogP contribution in [0.1, 0.15) is 31.2 Å². The molecule has 3 heteroatoms. The summed E-state index contributed by atoms with van der Waals surface area (Å²) < 4.78 is 0. The third-order valence-corrected chi connectivity index (χ3v) is 2.51. The summed E-state index contributed by atoms with van der Waals surface area (Å²) in [5.74, 6) is 0.216. The van der Waals surface area contributed by atoms with Crippen molar-refractivity contribution < 1.29 is 9.59 Å². The van der Waals surface area contributed by atoms with E-state index < -0.39 is 0 Å². The molecule has 0 bridgehead atoms. The van der Waals surface area contributed by atoms with Gasteiger partial charge >= 0.3 is 0 Å². The summed E-state index contributed by atoms with van der Waals surface area (Å²) in [4.78, 5) is 22.0. The van der Waals surface area contributed by atoms with Gasteiger partial charge < -0.3 is 0 Å². The molecule has 0 heterocycles. The summed E-state index contributed by atoms with van der Waals surface area (Å²) in [6.45, 7) is 0. The lowest BCUT2D eigenvalue weighted by molar-refractivity contribution is -0.118. The summed E-state index contributed by atoms with van der Waals surface area (Å²) in [7, 11) is 0. The van der Waals surface area contributed by atoms with Gasteiger partial charge in [0.05, 0.1) is 0 Å². The van der Waals surface area contributed by atoms with E-state index in [0.29, 0.717) is 25.7 Å². The van der Waals surface area contributed by atoms with Gasteiger partial charge in [0, 0.05) is 19.3 Å². The normalized spacial score (nSPS) is 10.1. The molecule has 86 valence electrons. The van der Waals surface area contributed by atoms with Gasteiger partial charge in [-0.2, -0.15) is 0 Å². The summed E-state index contributed by atoms with van der Waals surface area (Å²) in [5, 5.41) is -0.324. The van der Waals surface area contributed by atoms with Gasteiger partial charge in [-0.15, -0.1) is 0 Å². The second kappa shape index (κ2) is 7.18. The molecule has 0 radical (unpaired) electrons. The highest BCUT2D eigenvalue weighted by Crippen LogP contribution is 2.07. The molecule has 0 saturated heterocycles. The molecule has 0 unspecified atom stereocenters. The van der Waals surface area contributed by atoms with Gasteiger partial charge in [0.1, 0.15) is 5.78 Å². The predicted molar refractivity (Wildman–Crippen MR) is 64.5 cm³/mol. The minimum atomic E-state index is -0.324. The van der Waals surface area contributed by atoms with E-state index >= 15 is 0 Å². The van der Waals surface area contributed by atoms with Crippen molar-refractivity contribution >= 4 is 22.6 Å². The molecule has 0 fully saturated rings. The molecule has 1 rings (SSSR count). The minimum Gasteiger partial charge on any atom is -0.299 e. The molecule has 0 spiro atoms. The third-order valence-electron chi connectivity index (χ3n) is 2.32. The lowest BCUT2D eigenvalue weighted by Gasteiger charge is -2.00. The van der Waals surface area contributed by atoms with Crippen LogP contribution in [0.5, 0.6) is 0 Å². The average Bonchev–Trinajstić information content (AvgIpc) is 2.25. The fraction of sp³-hybridized carbons (Fsp3) is 0.385. The Bertz CT molecular complexity index is 346. The predicted octanol–water partition coefficient (Wildman–Crippen LogP) is 3.12. The molecule has 0 atom stereocenters. The number of benzene rings is 1. The van der Waals surface area contributed by atoms with Gasteiger partial charge in [0.25, 0.3) is 0 Å². The Morgan fingerprint density at radius 1 is 1.00 bits per heavy atom. The molecule has 2 nitrogen and oxygen atoms in total. The van der Waals surface area contributed by atoms with Crippen LogP contribution in [0.3, 0.4) is 0 Å². The van der Waals surface area contributed by atoms with E-state index in [2.05, 4.69) is 0 Å². The molecule has 0 aliphatic carbocycles. The van der Waals surface area contributed by atoms with Crippen molar-refractivity contribution in [3.8, 4) is 0 Å². The molecule has 1 aromatic rings. The van der Waals surface area contributed by atoms with Gasteiger partial charge in [-0.25, -0.2) is 0 Å². The van der Waals surface area contributed by atoms with E-state index in [9.17, 15) is 9.59 Å². The van der Waals surface area contributed by atoms with Crippen molar-refractivity contribution in [1.82, 2.24) is 0 Å². The van der Waals surface area contributed by atoms with Crippen molar-refractivity contribution in [2.45, 2.75) is 32.1 Å². The molecule has 16 heavy (non-hydrogen) atoms. The summed E-state index contributed by atoms with van der Waals surface area (Å²) in [6.07, 6.45) is 2.81. The molecule has 0 aliphatic heterocycles. The number of unbranched alkanes of at least 4 members (excludes halogenated alkanes) is 1. The SMILES string of the molecule is O=C(Cl)CCCCC(=O)Cc1ccccc1. The van der Waals surface area contributed by atoms with Gasteiger partial charge in [0.2, 0.25) is 5.24 Å². The van der Waals surface area contributed by atoms with Crippen molar-refractivity contribution in [3.63, 3.8) is 0 Å². The highest BCUT2D eigenvalue weighted by molar-refractivity contribution is 6.63. The quantitative estimate of drug-likeness (QED) is 0.540. The first-order chi connectivity index (χ1) is 7.68. The maximum absolute atomic E-state index is 11.5. The van der Waals surface area contributed by atoms with E-state index in [1.807, 2.05) is 30.3 Å². The lowest BCUT2D eigenvalue weighted by Crippen LogP contribution is -2.02. The number of hydrogen-bond donors (Lipinski definition) is 0. The summed E-state index contributed by atoms with van der Waals surface area (Å²) in [6, 6.07) is 9.67. The molecule has 1 aromatic carbocycles. The second-order valence-corrected chi connectivity index (χ2v) is 4.18. The van der Waals surface area contributed by atoms with Crippen molar-refractivity contribution in [3.05, 3.63) is 35.9 Å². The number of halogens is 1. The van der Waals surface area contributed by atoms with Crippen LogP contribution >= 0.6 is 11.6 Å². The fourth-order valence-electron chi connectivity index (χ4n) is 1.50. The standard InChI is InChI=1S/C13H15ClO2/c14-13(16)9-5-4-8-12(15)10-11-6-2-1-3-7-11/h1-3,6-7H,4-5,8-10H2. The second-order valence-electron chi connectivity index (χ2n) is 3.76. The van der Waals surface area contributed by atoms with Crippen LogP contribution in [0.2, 0.25) is 0 Å². The van der Waals surface area contributed by atoms with E-state index in [1.54, 1.807) is 0 Å². The number of rotatable bonds is 7. The number of carbonyl (C=O) groups excluding carboxylic acids is 2. The highest BCUT2D eigenvalue weighted by atomic mass is 35.5. The van der Waals surface area contributed by atoms with Gasteiger partial charge in [-0.1, -0.05) is 30.3 Å². The Hall–Kier alpha value is -1.15. The zero-order valence-electron chi connectivity index (χ0n) is 9.12. The summed E-state index contributed by atoms with van der Waals surface area (Å²) in [5.41, 5.74) is 1.04. The molecule has 0 saturated carbocycles. The molecular weight excluding hydrogens is 224 g/mol.